The average Bonchev–Trinajstić information content (AvgIpc) is 2.18. The van der Waals surface area contributed by atoms with Gasteiger partial charge in [-0.05, 0) is 6.42 Å². The van der Waals surface area contributed by atoms with Gasteiger partial charge < -0.3 is 0 Å². The van der Waals surface area contributed by atoms with Gasteiger partial charge in [-0.3, -0.25) is 9.69 Å². The van der Waals surface area contributed by atoms with E-state index in [9.17, 15) is 4.79 Å². The van der Waals surface area contributed by atoms with Crippen LogP contribution in [0.15, 0.2) is 0 Å². The minimum atomic E-state index is 0.185. The lowest BCUT2D eigenvalue weighted by Gasteiger charge is -2.31. The molecule has 1 saturated heterocycles. The molecule has 1 aliphatic heterocycles. The lowest BCUT2D eigenvalue weighted by atomic mass is 10.1. The van der Waals surface area contributed by atoms with Crippen molar-refractivity contribution in [2.75, 3.05) is 25.4 Å². The largest absolute Gasteiger partial charge is 0.298 e. The van der Waals surface area contributed by atoms with Crippen LogP contribution in [0, 0.1) is 5.92 Å². The average molecular weight is 215 g/mol. The highest BCUT2D eigenvalue weighted by Gasteiger charge is 2.21. The summed E-state index contributed by atoms with van der Waals surface area (Å²) in [7, 11) is 0. The summed E-state index contributed by atoms with van der Waals surface area (Å²) >= 11 is 2.05. The van der Waals surface area contributed by atoms with E-state index >= 15 is 0 Å². The molecule has 0 amide bonds. The van der Waals surface area contributed by atoms with Gasteiger partial charge in [0, 0.05) is 30.0 Å². The van der Waals surface area contributed by atoms with Crippen molar-refractivity contribution in [3.8, 4) is 0 Å². The van der Waals surface area contributed by atoms with E-state index in [0.717, 1.165) is 18.3 Å². The van der Waals surface area contributed by atoms with Crippen LogP contribution in [0.5, 0.6) is 0 Å². The third-order valence-electron chi connectivity index (χ3n) is 2.70. The summed E-state index contributed by atoms with van der Waals surface area (Å²) in [4.78, 5) is 13.9. The van der Waals surface area contributed by atoms with Gasteiger partial charge in [-0.15, -0.1) is 0 Å². The van der Waals surface area contributed by atoms with Crippen LogP contribution in [0.1, 0.15) is 27.2 Å². The number of thioether (sulfide) groups is 1. The number of carbonyl (C=O) groups is 1. The van der Waals surface area contributed by atoms with E-state index in [1.54, 1.807) is 0 Å². The molecule has 1 aliphatic rings. The molecule has 1 fully saturated rings. The van der Waals surface area contributed by atoms with Crippen molar-refractivity contribution in [3.05, 3.63) is 0 Å². The van der Waals surface area contributed by atoms with Crippen LogP contribution in [0.3, 0.4) is 0 Å². The zero-order valence-electron chi connectivity index (χ0n) is 9.45. The van der Waals surface area contributed by atoms with Gasteiger partial charge in [0.1, 0.15) is 5.78 Å². The molecule has 0 aromatic heterocycles. The Balaban J connectivity index is 2.34. The maximum Gasteiger partial charge on any atom is 0.149 e. The SMILES string of the molecule is CCC1CN(CC(=O)C(C)C)CCS1. The lowest BCUT2D eigenvalue weighted by Crippen LogP contribution is -2.41. The first-order chi connectivity index (χ1) is 6.63. The molecule has 82 valence electrons. The van der Waals surface area contributed by atoms with Crippen molar-refractivity contribution in [2.45, 2.75) is 32.4 Å². The number of nitrogens with zero attached hydrogens (tertiary/aromatic N) is 1. The zero-order chi connectivity index (χ0) is 10.6. The highest BCUT2D eigenvalue weighted by molar-refractivity contribution is 8.00. The maximum absolute atomic E-state index is 11.6. The molecule has 0 aliphatic carbocycles. The normalized spacial score (nSPS) is 24.1. The van der Waals surface area contributed by atoms with Gasteiger partial charge in [-0.25, -0.2) is 0 Å². The van der Waals surface area contributed by atoms with Crippen LogP contribution in [0.2, 0.25) is 0 Å². The van der Waals surface area contributed by atoms with Gasteiger partial charge in [0.2, 0.25) is 0 Å². The lowest BCUT2D eigenvalue weighted by molar-refractivity contribution is -0.123. The van der Waals surface area contributed by atoms with Crippen LogP contribution in [0.25, 0.3) is 0 Å². The summed E-state index contributed by atoms with van der Waals surface area (Å²) in [6.45, 7) is 9.04. The fourth-order valence-electron chi connectivity index (χ4n) is 1.57. The van der Waals surface area contributed by atoms with Crippen LogP contribution < -0.4 is 0 Å². The quantitative estimate of drug-likeness (QED) is 0.716. The maximum atomic E-state index is 11.6. The predicted octanol–water partition coefficient (Wildman–Crippen LogP) is 2.04. The zero-order valence-corrected chi connectivity index (χ0v) is 10.3. The summed E-state index contributed by atoms with van der Waals surface area (Å²) in [5.74, 6) is 1.75. The van der Waals surface area contributed by atoms with Crippen LogP contribution in [-0.4, -0.2) is 41.3 Å². The molecular weight excluding hydrogens is 194 g/mol. The third-order valence-corrected chi connectivity index (χ3v) is 4.07. The molecule has 14 heavy (non-hydrogen) atoms. The molecule has 1 atom stereocenters. The Hall–Kier alpha value is -0.0200. The van der Waals surface area contributed by atoms with E-state index in [4.69, 9.17) is 0 Å². The van der Waals surface area contributed by atoms with Gasteiger partial charge in [0.15, 0.2) is 0 Å². The summed E-state index contributed by atoms with van der Waals surface area (Å²) < 4.78 is 0. The van der Waals surface area contributed by atoms with Gasteiger partial charge in [-0.1, -0.05) is 20.8 Å². The molecule has 1 rings (SSSR count). The van der Waals surface area contributed by atoms with E-state index in [0.29, 0.717) is 12.3 Å². The number of hydrogen-bond donors (Lipinski definition) is 0. The highest BCUT2D eigenvalue weighted by atomic mass is 32.2. The second-order valence-corrected chi connectivity index (χ2v) is 5.67. The van der Waals surface area contributed by atoms with Crippen molar-refractivity contribution in [2.24, 2.45) is 5.92 Å². The fourth-order valence-corrected chi connectivity index (χ4v) is 2.82. The van der Waals surface area contributed by atoms with Gasteiger partial charge in [0.25, 0.3) is 0 Å². The minimum Gasteiger partial charge on any atom is -0.298 e. The molecule has 3 heteroatoms. The van der Waals surface area contributed by atoms with E-state index in [1.807, 2.05) is 25.6 Å². The van der Waals surface area contributed by atoms with Crippen LogP contribution in [0.4, 0.5) is 0 Å². The Morgan fingerprint density at radius 3 is 2.86 bits per heavy atom. The summed E-state index contributed by atoms with van der Waals surface area (Å²) in [6.07, 6.45) is 1.22. The van der Waals surface area contributed by atoms with Crippen molar-refractivity contribution in [1.82, 2.24) is 4.90 Å². The molecule has 0 aromatic rings. The first kappa shape index (κ1) is 12.1. The second-order valence-electron chi connectivity index (χ2n) is 4.26. The summed E-state index contributed by atoms with van der Waals surface area (Å²) in [6, 6.07) is 0. The molecule has 0 N–H and O–H groups in total. The minimum absolute atomic E-state index is 0.185. The van der Waals surface area contributed by atoms with E-state index < -0.39 is 0 Å². The first-order valence-corrected chi connectivity index (χ1v) is 6.55. The monoisotopic (exact) mass is 215 g/mol. The molecule has 0 aromatic carbocycles. The number of hydrogen-bond acceptors (Lipinski definition) is 3. The van der Waals surface area contributed by atoms with E-state index in [2.05, 4.69) is 11.8 Å². The summed E-state index contributed by atoms with van der Waals surface area (Å²) in [5.41, 5.74) is 0. The van der Waals surface area contributed by atoms with Crippen molar-refractivity contribution < 1.29 is 4.79 Å². The Morgan fingerprint density at radius 1 is 1.57 bits per heavy atom. The van der Waals surface area contributed by atoms with Crippen molar-refractivity contribution >= 4 is 17.5 Å². The van der Waals surface area contributed by atoms with Crippen molar-refractivity contribution in [1.29, 1.82) is 0 Å². The fraction of sp³-hybridized carbons (Fsp3) is 0.909. The smallest absolute Gasteiger partial charge is 0.149 e. The molecule has 0 spiro atoms. The van der Waals surface area contributed by atoms with E-state index in [-0.39, 0.29) is 5.92 Å². The van der Waals surface area contributed by atoms with Gasteiger partial charge in [-0.2, -0.15) is 11.8 Å². The Kier molecular flexibility index (Phi) is 4.96. The van der Waals surface area contributed by atoms with Gasteiger partial charge in [0.05, 0.1) is 6.54 Å². The topological polar surface area (TPSA) is 20.3 Å². The summed E-state index contributed by atoms with van der Waals surface area (Å²) in [5, 5.41) is 0.740. The second kappa shape index (κ2) is 5.76. The number of ketones is 1. The van der Waals surface area contributed by atoms with Crippen molar-refractivity contribution in [3.63, 3.8) is 0 Å². The highest BCUT2D eigenvalue weighted by Crippen LogP contribution is 2.20. The number of rotatable bonds is 4. The molecule has 1 unspecified atom stereocenters. The van der Waals surface area contributed by atoms with E-state index in [1.165, 1.54) is 12.2 Å². The molecule has 2 nitrogen and oxygen atoms in total. The predicted molar refractivity (Wildman–Crippen MR) is 62.8 cm³/mol. The van der Waals surface area contributed by atoms with Gasteiger partial charge >= 0.3 is 0 Å². The molecule has 0 radical (unpaired) electrons. The third kappa shape index (κ3) is 3.62. The Morgan fingerprint density at radius 2 is 2.29 bits per heavy atom. The first-order valence-electron chi connectivity index (χ1n) is 5.50. The van der Waals surface area contributed by atoms with Crippen LogP contribution >= 0.6 is 11.8 Å². The number of carbonyl (C=O) groups excluding carboxylic acids is 1. The molecule has 1 heterocycles. The van der Waals surface area contributed by atoms with Crippen LogP contribution in [-0.2, 0) is 4.79 Å². The molecule has 0 bridgehead atoms. The number of Topliss-reactive ketones (excluding diaryl/α,β-unsaturated/α-hetero) is 1. The Bertz CT molecular complexity index is 194. The molecular formula is C11H21NOS. The Labute approximate surface area is 91.4 Å². The molecule has 0 saturated carbocycles. The standard InChI is InChI=1S/C11H21NOS/c1-4-10-7-12(5-6-14-10)8-11(13)9(2)3/h9-10H,4-8H2,1-3H3.